The maximum atomic E-state index is 8.54. The van der Waals surface area contributed by atoms with E-state index in [1.165, 1.54) is 0 Å². The van der Waals surface area contributed by atoms with Crippen molar-refractivity contribution < 1.29 is 0 Å². The lowest BCUT2D eigenvalue weighted by Gasteiger charge is -2.11. The van der Waals surface area contributed by atoms with Gasteiger partial charge in [0.15, 0.2) is 0 Å². The third kappa shape index (κ3) is 3.69. The van der Waals surface area contributed by atoms with E-state index in [-0.39, 0.29) is 0 Å². The van der Waals surface area contributed by atoms with Gasteiger partial charge < -0.3 is 10.6 Å². The average molecular weight is 267 g/mol. The smallest absolute Gasteiger partial charge is 0.136 e. The molecule has 0 aliphatic rings. The number of hydrogen-bond donors (Lipinski definition) is 2. The Morgan fingerprint density at radius 2 is 1.90 bits per heavy atom. The summed E-state index contributed by atoms with van der Waals surface area (Å²) >= 11 is 0. The lowest BCUT2D eigenvalue weighted by Crippen LogP contribution is -2.06. The summed E-state index contributed by atoms with van der Waals surface area (Å²) in [6.45, 7) is 4.47. The number of aromatic nitrogens is 2. The van der Waals surface area contributed by atoms with E-state index in [1.807, 2.05) is 44.2 Å². The van der Waals surface area contributed by atoms with Crippen LogP contribution in [0.4, 0.5) is 17.3 Å². The van der Waals surface area contributed by atoms with Gasteiger partial charge in [0.1, 0.15) is 17.5 Å². The van der Waals surface area contributed by atoms with Crippen molar-refractivity contribution in [1.29, 1.82) is 5.26 Å². The number of nitrogens with zero attached hydrogens (tertiary/aromatic N) is 3. The molecule has 0 radical (unpaired) electrons. The van der Waals surface area contributed by atoms with Gasteiger partial charge in [-0.3, -0.25) is 0 Å². The summed E-state index contributed by atoms with van der Waals surface area (Å²) < 4.78 is 0. The lowest BCUT2D eigenvalue weighted by atomic mass is 10.2. The topological polar surface area (TPSA) is 73.6 Å². The Morgan fingerprint density at radius 3 is 2.65 bits per heavy atom. The molecule has 0 aliphatic carbocycles. The zero-order valence-corrected chi connectivity index (χ0v) is 11.6. The van der Waals surface area contributed by atoms with Crippen LogP contribution in [0, 0.1) is 25.2 Å². The van der Waals surface area contributed by atoms with Gasteiger partial charge >= 0.3 is 0 Å². The van der Waals surface area contributed by atoms with Crippen molar-refractivity contribution in [3.05, 3.63) is 41.7 Å². The Morgan fingerprint density at radius 1 is 1.15 bits per heavy atom. The summed E-state index contributed by atoms with van der Waals surface area (Å²) in [5.74, 6) is 2.15. The molecule has 1 aromatic heterocycles. The van der Waals surface area contributed by atoms with Gasteiger partial charge in [-0.05, 0) is 25.5 Å². The second-order valence-corrected chi connectivity index (χ2v) is 4.46. The van der Waals surface area contributed by atoms with Gasteiger partial charge in [-0.2, -0.15) is 5.26 Å². The zero-order valence-electron chi connectivity index (χ0n) is 11.6. The highest BCUT2D eigenvalue weighted by atomic mass is 15.1. The molecule has 0 saturated carbocycles. The molecule has 0 unspecified atom stereocenters. The van der Waals surface area contributed by atoms with Crippen LogP contribution >= 0.6 is 0 Å². The van der Waals surface area contributed by atoms with Crippen LogP contribution in [0.25, 0.3) is 0 Å². The third-order valence-corrected chi connectivity index (χ3v) is 2.79. The number of benzene rings is 1. The van der Waals surface area contributed by atoms with Crippen molar-refractivity contribution in [3.63, 3.8) is 0 Å². The number of aryl methyl sites for hydroxylation is 2. The first-order chi connectivity index (χ1) is 9.69. The summed E-state index contributed by atoms with van der Waals surface area (Å²) in [6, 6.07) is 12.0. The molecule has 0 atom stereocenters. The fraction of sp³-hybridized carbons (Fsp3) is 0.267. The molecule has 102 valence electrons. The quantitative estimate of drug-likeness (QED) is 0.814. The molecule has 0 aliphatic heterocycles. The number of hydrogen-bond acceptors (Lipinski definition) is 5. The van der Waals surface area contributed by atoms with Crippen LogP contribution in [0.1, 0.15) is 17.8 Å². The number of rotatable bonds is 5. The van der Waals surface area contributed by atoms with E-state index in [0.717, 1.165) is 22.9 Å². The van der Waals surface area contributed by atoms with E-state index in [1.54, 1.807) is 0 Å². The van der Waals surface area contributed by atoms with Crippen LogP contribution in [-0.2, 0) is 0 Å². The summed E-state index contributed by atoms with van der Waals surface area (Å²) in [5.41, 5.74) is 2.18. The Balaban J connectivity index is 2.16. The van der Waals surface area contributed by atoms with E-state index < -0.39 is 0 Å². The first-order valence-corrected chi connectivity index (χ1v) is 6.48. The number of nitriles is 1. The van der Waals surface area contributed by atoms with Gasteiger partial charge in [-0.1, -0.05) is 18.2 Å². The first-order valence-electron chi connectivity index (χ1n) is 6.48. The van der Waals surface area contributed by atoms with E-state index in [2.05, 4.69) is 26.7 Å². The van der Waals surface area contributed by atoms with E-state index in [0.29, 0.717) is 18.8 Å². The third-order valence-electron chi connectivity index (χ3n) is 2.79. The first kappa shape index (κ1) is 13.8. The fourth-order valence-electron chi connectivity index (χ4n) is 1.82. The van der Waals surface area contributed by atoms with Crippen LogP contribution in [0.5, 0.6) is 0 Å². The van der Waals surface area contributed by atoms with Gasteiger partial charge in [0, 0.05) is 18.3 Å². The number of nitrogens with one attached hydrogen (secondary N) is 2. The SMILES string of the molecule is Cc1nc(NCCC#N)cc(Nc2ccccc2C)n1. The molecule has 1 aromatic carbocycles. The summed E-state index contributed by atoms with van der Waals surface area (Å²) in [5, 5.41) is 14.9. The molecule has 0 fully saturated rings. The van der Waals surface area contributed by atoms with Gasteiger partial charge in [-0.15, -0.1) is 0 Å². The molecule has 0 bridgehead atoms. The molecule has 5 nitrogen and oxygen atoms in total. The predicted octanol–water partition coefficient (Wildman–Crippen LogP) is 3.16. The summed E-state index contributed by atoms with van der Waals surface area (Å²) in [4.78, 5) is 8.67. The van der Waals surface area contributed by atoms with Crippen LogP contribution < -0.4 is 10.6 Å². The second-order valence-electron chi connectivity index (χ2n) is 4.46. The molecule has 2 N–H and O–H groups in total. The minimum Gasteiger partial charge on any atom is -0.369 e. The minimum absolute atomic E-state index is 0.448. The van der Waals surface area contributed by atoms with Gasteiger partial charge in [0.25, 0.3) is 0 Å². The Kier molecular flexibility index (Phi) is 4.51. The van der Waals surface area contributed by atoms with Gasteiger partial charge in [0.2, 0.25) is 0 Å². The van der Waals surface area contributed by atoms with Gasteiger partial charge in [0.05, 0.1) is 12.5 Å². The maximum absolute atomic E-state index is 8.54. The standard InChI is InChI=1S/C15H17N5/c1-11-6-3-4-7-13(11)20-15-10-14(17-9-5-8-16)18-12(2)19-15/h3-4,6-7,10H,5,9H2,1-2H3,(H2,17,18,19,20). The molecule has 5 heteroatoms. The Labute approximate surface area is 118 Å². The monoisotopic (exact) mass is 267 g/mol. The van der Waals surface area contributed by atoms with Gasteiger partial charge in [-0.25, -0.2) is 9.97 Å². The molecular formula is C15H17N5. The van der Waals surface area contributed by atoms with E-state index in [9.17, 15) is 0 Å². The maximum Gasteiger partial charge on any atom is 0.136 e. The molecule has 2 aromatic rings. The van der Waals surface area contributed by atoms with Crippen molar-refractivity contribution in [2.45, 2.75) is 20.3 Å². The van der Waals surface area contributed by atoms with E-state index in [4.69, 9.17) is 5.26 Å². The van der Waals surface area contributed by atoms with Crippen molar-refractivity contribution in [1.82, 2.24) is 9.97 Å². The molecule has 2 rings (SSSR count). The second kappa shape index (κ2) is 6.53. The zero-order chi connectivity index (χ0) is 14.4. The molecule has 0 spiro atoms. The van der Waals surface area contributed by atoms with Crippen LogP contribution in [0.15, 0.2) is 30.3 Å². The molecule has 0 amide bonds. The van der Waals surface area contributed by atoms with Crippen molar-refractivity contribution >= 4 is 17.3 Å². The molecule has 0 saturated heterocycles. The highest BCUT2D eigenvalue weighted by Crippen LogP contribution is 2.20. The average Bonchev–Trinajstić information content (AvgIpc) is 2.41. The summed E-state index contributed by atoms with van der Waals surface area (Å²) in [7, 11) is 0. The highest BCUT2D eigenvalue weighted by molar-refractivity contribution is 5.62. The van der Waals surface area contributed by atoms with Crippen molar-refractivity contribution in [3.8, 4) is 6.07 Å². The molecular weight excluding hydrogens is 250 g/mol. The van der Waals surface area contributed by atoms with Crippen LogP contribution in [0.2, 0.25) is 0 Å². The largest absolute Gasteiger partial charge is 0.369 e. The lowest BCUT2D eigenvalue weighted by molar-refractivity contribution is 1.01. The summed E-state index contributed by atoms with van der Waals surface area (Å²) in [6.07, 6.45) is 0.448. The Hall–Kier alpha value is -2.61. The minimum atomic E-state index is 0.448. The van der Waals surface area contributed by atoms with Crippen molar-refractivity contribution in [2.75, 3.05) is 17.2 Å². The van der Waals surface area contributed by atoms with Crippen molar-refractivity contribution in [2.24, 2.45) is 0 Å². The molecule has 20 heavy (non-hydrogen) atoms. The Bertz CT molecular complexity index is 630. The van der Waals surface area contributed by atoms with Crippen LogP contribution in [-0.4, -0.2) is 16.5 Å². The highest BCUT2D eigenvalue weighted by Gasteiger charge is 2.03. The number of anilines is 3. The molecule has 1 heterocycles. The van der Waals surface area contributed by atoms with E-state index >= 15 is 0 Å². The predicted molar refractivity (Wildman–Crippen MR) is 80.0 cm³/mol. The fourth-order valence-corrected chi connectivity index (χ4v) is 1.82. The number of para-hydroxylation sites is 1. The van der Waals surface area contributed by atoms with Crippen LogP contribution in [0.3, 0.4) is 0 Å². The normalized spacial score (nSPS) is 9.85.